The van der Waals surface area contributed by atoms with Crippen molar-refractivity contribution in [2.24, 2.45) is 0 Å². The topological polar surface area (TPSA) is 68.5 Å². The molecule has 0 spiro atoms. The molecule has 5 nitrogen and oxygen atoms in total. The molecule has 1 aromatic heterocycles. The summed E-state index contributed by atoms with van der Waals surface area (Å²) in [6.07, 6.45) is -1.05. The summed E-state index contributed by atoms with van der Waals surface area (Å²) >= 11 is 5.66. The zero-order chi connectivity index (χ0) is 18.0. The van der Waals surface area contributed by atoms with Gasteiger partial charge in [-0.2, -0.15) is 0 Å². The normalized spacial score (nSPS) is 11.9. The minimum Gasteiger partial charge on any atom is -0.465 e. The quantitative estimate of drug-likeness (QED) is 0.837. The van der Waals surface area contributed by atoms with Crippen LogP contribution < -0.4 is 5.32 Å². The number of anilines is 1. The van der Waals surface area contributed by atoms with Crippen molar-refractivity contribution in [2.75, 3.05) is 5.32 Å². The van der Waals surface area contributed by atoms with Gasteiger partial charge in [0, 0.05) is 11.3 Å². The van der Waals surface area contributed by atoms with Crippen molar-refractivity contribution in [1.82, 2.24) is 0 Å². The lowest BCUT2D eigenvalue weighted by atomic mass is 10.1. The van der Waals surface area contributed by atoms with Gasteiger partial charge >= 0.3 is 5.97 Å². The molecule has 1 aromatic carbocycles. The molecule has 1 atom stereocenters. The summed E-state index contributed by atoms with van der Waals surface area (Å²) < 4.78 is 23.7. The summed E-state index contributed by atoms with van der Waals surface area (Å²) in [5, 5.41) is 2.40. The molecule has 128 valence electrons. The van der Waals surface area contributed by atoms with Gasteiger partial charge in [-0.1, -0.05) is 11.6 Å². The van der Waals surface area contributed by atoms with Crippen molar-refractivity contribution < 1.29 is 23.1 Å². The lowest BCUT2D eigenvalue weighted by molar-refractivity contribution is -0.123. The first-order valence-electron chi connectivity index (χ1n) is 7.24. The number of amides is 1. The number of hydrogen-bond donors (Lipinski definition) is 1. The van der Waals surface area contributed by atoms with Gasteiger partial charge in [-0.25, -0.2) is 9.18 Å². The number of aryl methyl sites for hydroxylation is 2. The zero-order valence-corrected chi connectivity index (χ0v) is 14.5. The Morgan fingerprint density at radius 3 is 2.46 bits per heavy atom. The van der Waals surface area contributed by atoms with Crippen LogP contribution in [-0.4, -0.2) is 18.0 Å². The van der Waals surface area contributed by atoms with E-state index in [2.05, 4.69) is 5.32 Å². The summed E-state index contributed by atoms with van der Waals surface area (Å²) in [6.45, 7) is 6.58. The van der Waals surface area contributed by atoms with E-state index in [-0.39, 0.29) is 5.02 Å². The molecule has 0 aliphatic carbocycles. The second-order valence-corrected chi connectivity index (χ2v) is 5.79. The highest BCUT2D eigenvalue weighted by atomic mass is 35.5. The molecule has 0 saturated carbocycles. The maximum absolute atomic E-state index is 13.1. The van der Waals surface area contributed by atoms with Crippen LogP contribution in [0.1, 0.15) is 34.4 Å². The molecule has 1 N–H and O–H groups in total. The van der Waals surface area contributed by atoms with Gasteiger partial charge in [0.25, 0.3) is 5.91 Å². The fourth-order valence-electron chi connectivity index (χ4n) is 2.18. The molecule has 0 fully saturated rings. The van der Waals surface area contributed by atoms with E-state index < -0.39 is 23.8 Å². The molecule has 7 heteroatoms. The smallest absolute Gasteiger partial charge is 0.342 e. The molecule has 0 bridgehead atoms. The van der Waals surface area contributed by atoms with Crippen LogP contribution >= 0.6 is 11.6 Å². The van der Waals surface area contributed by atoms with Crippen LogP contribution in [0.2, 0.25) is 5.02 Å². The maximum atomic E-state index is 13.1. The Bertz CT molecular complexity index is 800. The van der Waals surface area contributed by atoms with Crippen molar-refractivity contribution in [1.29, 1.82) is 0 Å². The lowest BCUT2D eigenvalue weighted by Crippen LogP contribution is -2.30. The zero-order valence-electron chi connectivity index (χ0n) is 13.7. The predicted octanol–water partition coefficient (Wildman–Crippen LogP) is 4.18. The van der Waals surface area contributed by atoms with Crippen LogP contribution in [0.15, 0.2) is 22.6 Å². The van der Waals surface area contributed by atoms with Gasteiger partial charge in [-0.15, -0.1) is 0 Å². The SMILES string of the molecule is Cc1oc(C)c(C(=O)O[C@@H](C)C(=O)Nc2ccc(F)c(Cl)c2)c1C. The molecule has 0 saturated heterocycles. The van der Waals surface area contributed by atoms with Gasteiger partial charge in [0.15, 0.2) is 6.10 Å². The van der Waals surface area contributed by atoms with Crippen molar-refractivity contribution >= 4 is 29.2 Å². The first-order chi connectivity index (χ1) is 11.2. The lowest BCUT2D eigenvalue weighted by Gasteiger charge is -2.14. The van der Waals surface area contributed by atoms with E-state index in [1.807, 2.05) is 0 Å². The van der Waals surface area contributed by atoms with Crippen LogP contribution in [0.25, 0.3) is 0 Å². The molecule has 0 radical (unpaired) electrons. The third kappa shape index (κ3) is 3.76. The summed E-state index contributed by atoms with van der Waals surface area (Å²) in [5.74, 6) is -0.718. The van der Waals surface area contributed by atoms with E-state index in [9.17, 15) is 14.0 Å². The highest BCUT2D eigenvalue weighted by Crippen LogP contribution is 2.23. The van der Waals surface area contributed by atoms with Crippen LogP contribution in [0.5, 0.6) is 0 Å². The Morgan fingerprint density at radius 1 is 1.25 bits per heavy atom. The second kappa shape index (κ2) is 7.05. The first-order valence-corrected chi connectivity index (χ1v) is 7.62. The third-order valence-corrected chi connectivity index (χ3v) is 3.90. The highest BCUT2D eigenvalue weighted by Gasteiger charge is 2.24. The van der Waals surface area contributed by atoms with E-state index in [4.69, 9.17) is 20.8 Å². The van der Waals surface area contributed by atoms with Gasteiger partial charge in [-0.05, 0) is 45.9 Å². The number of nitrogens with one attached hydrogen (secondary N) is 1. The predicted molar refractivity (Wildman–Crippen MR) is 87.8 cm³/mol. The van der Waals surface area contributed by atoms with Crippen molar-refractivity contribution in [3.05, 3.63) is 51.7 Å². The fraction of sp³-hybridized carbons (Fsp3) is 0.294. The van der Waals surface area contributed by atoms with Crippen molar-refractivity contribution in [2.45, 2.75) is 33.8 Å². The number of halogens is 2. The molecule has 1 heterocycles. The molecule has 0 aliphatic rings. The number of carbonyl (C=O) groups is 2. The minimum atomic E-state index is -1.05. The van der Waals surface area contributed by atoms with Gasteiger partial charge in [0.2, 0.25) is 0 Å². The molecule has 24 heavy (non-hydrogen) atoms. The Balaban J connectivity index is 2.05. The van der Waals surface area contributed by atoms with E-state index in [1.54, 1.807) is 20.8 Å². The van der Waals surface area contributed by atoms with Crippen LogP contribution in [-0.2, 0) is 9.53 Å². The monoisotopic (exact) mass is 353 g/mol. The number of benzene rings is 1. The van der Waals surface area contributed by atoms with Gasteiger partial charge in [0.1, 0.15) is 22.9 Å². The summed E-state index contributed by atoms with van der Waals surface area (Å²) in [5.41, 5.74) is 1.30. The second-order valence-electron chi connectivity index (χ2n) is 5.38. The Labute approximate surface area is 143 Å². The number of rotatable bonds is 4. The number of hydrogen-bond acceptors (Lipinski definition) is 4. The fourth-order valence-corrected chi connectivity index (χ4v) is 2.37. The average Bonchev–Trinajstić information content (AvgIpc) is 2.75. The summed E-state index contributed by atoms with van der Waals surface area (Å²) in [6, 6.07) is 3.77. The van der Waals surface area contributed by atoms with Gasteiger partial charge in [0.05, 0.1) is 5.02 Å². The van der Waals surface area contributed by atoms with E-state index in [0.29, 0.717) is 28.3 Å². The van der Waals surface area contributed by atoms with E-state index in [1.165, 1.54) is 19.1 Å². The van der Waals surface area contributed by atoms with Crippen LogP contribution in [0.3, 0.4) is 0 Å². The standard InChI is InChI=1S/C17H17ClFNO4/c1-8-9(2)23-10(3)15(8)17(22)24-11(4)16(21)20-12-5-6-14(19)13(18)7-12/h5-7,11H,1-4H3,(H,20,21)/t11-/m0/s1. The minimum absolute atomic E-state index is 0.113. The van der Waals surface area contributed by atoms with Gasteiger partial charge < -0.3 is 14.5 Å². The number of esters is 1. The molecular formula is C17H17ClFNO4. The van der Waals surface area contributed by atoms with E-state index in [0.717, 1.165) is 6.07 Å². The average molecular weight is 354 g/mol. The summed E-state index contributed by atoms with van der Waals surface area (Å²) in [7, 11) is 0. The molecule has 2 aromatic rings. The molecule has 0 aliphatic heterocycles. The van der Waals surface area contributed by atoms with Crippen LogP contribution in [0.4, 0.5) is 10.1 Å². The van der Waals surface area contributed by atoms with Gasteiger partial charge in [-0.3, -0.25) is 4.79 Å². The third-order valence-electron chi connectivity index (χ3n) is 3.61. The van der Waals surface area contributed by atoms with Crippen molar-refractivity contribution in [3.8, 4) is 0 Å². The first kappa shape index (κ1) is 18.0. The molecule has 2 rings (SSSR count). The maximum Gasteiger partial charge on any atom is 0.342 e. The number of ether oxygens (including phenoxy) is 1. The number of carbonyl (C=O) groups excluding carboxylic acids is 2. The van der Waals surface area contributed by atoms with E-state index >= 15 is 0 Å². The molecule has 1 amide bonds. The highest BCUT2D eigenvalue weighted by molar-refractivity contribution is 6.31. The Morgan fingerprint density at radius 2 is 1.92 bits per heavy atom. The van der Waals surface area contributed by atoms with Crippen LogP contribution in [0, 0.1) is 26.6 Å². The number of furan rings is 1. The Kier molecular flexibility index (Phi) is 5.29. The molecular weight excluding hydrogens is 337 g/mol. The molecule has 0 unspecified atom stereocenters. The Hall–Kier alpha value is -2.34. The largest absolute Gasteiger partial charge is 0.465 e. The summed E-state index contributed by atoms with van der Waals surface area (Å²) in [4.78, 5) is 24.3. The van der Waals surface area contributed by atoms with Crippen molar-refractivity contribution in [3.63, 3.8) is 0 Å².